The fourth-order valence-corrected chi connectivity index (χ4v) is 11.5. The number of likely N-dealkylation sites (N-methyl/N-ethyl adjacent to an activating group) is 2. The van der Waals surface area contributed by atoms with Crippen molar-refractivity contribution >= 4 is 15.8 Å². The second-order valence-corrected chi connectivity index (χ2v) is 24.7. The molecule has 3 saturated heterocycles. The molecule has 74 heavy (non-hydrogen) atoms. The molecule has 424 valence electrons. The molecule has 0 aromatic carbocycles. The van der Waals surface area contributed by atoms with Crippen LogP contribution in [0, 0.1) is 17.8 Å². The Labute approximate surface area is 438 Å². The van der Waals surface area contributed by atoms with E-state index in [1.54, 1.807) is 60.7 Å². The Morgan fingerprint density at radius 3 is 2.30 bits per heavy atom. The van der Waals surface area contributed by atoms with Gasteiger partial charge in [-0.3, -0.25) is 9.78 Å². The number of pyridine rings is 1. The Kier molecular flexibility index (Phi) is 21.6. The summed E-state index contributed by atoms with van der Waals surface area (Å²) >= 11 is 0. The average Bonchev–Trinajstić information content (AvgIpc) is 3.81. The molecule has 3 aliphatic rings. The van der Waals surface area contributed by atoms with Crippen molar-refractivity contribution in [2.45, 2.75) is 222 Å². The highest BCUT2D eigenvalue weighted by Gasteiger charge is 2.52. The number of cyclic esters (lactones) is 1. The van der Waals surface area contributed by atoms with Crippen molar-refractivity contribution in [2.75, 3.05) is 47.2 Å². The molecule has 0 radical (unpaired) electrons. The number of methoxy groups -OCH3 is 1. The van der Waals surface area contributed by atoms with E-state index in [-0.39, 0.29) is 49.0 Å². The normalized spacial score (nSPS) is 39.4. The molecule has 19 atom stereocenters. The quantitative estimate of drug-likeness (QED) is 0.160. The minimum atomic E-state index is -3.44. The minimum absolute atomic E-state index is 0.0139. The number of sulfone groups is 1. The minimum Gasteiger partial charge on any atom is -0.459 e. The zero-order valence-electron chi connectivity index (χ0n) is 46.2. The first kappa shape index (κ1) is 62.0. The topological polar surface area (TPSA) is 258 Å². The number of carbonyl (C=O) groups is 1. The van der Waals surface area contributed by atoms with Crippen molar-refractivity contribution in [3.63, 3.8) is 0 Å². The maximum Gasteiger partial charge on any atom is 0.311 e. The fraction of sp³-hybridized carbons (Fsp3) is 0.846. The van der Waals surface area contributed by atoms with Gasteiger partial charge < -0.3 is 63.8 Å². The Hall–Kier alpha value is -2.84. The lowest BCUT2D eigenvalue weighted by Gasteiger charge is -2.48. The summed E-state index contributed by atoms with van der Waals surface area (Å²) in [6.45, 7) is 17.9. The molecule has 3 fully saturated rings. The van der Waals surface area contributed by atoms with E-state index in [4.69, 9.17) is 28.4 Å². The van der Waals surface area contributed by atoms with Gasteiger partial charge in [0.15, 0.2) is 22.4 Å². The van der Waals surface area contributed by atoms with Crippen LogP contribution in [0.15, 0.2) is 29.4 Å². The molecule has 2 aromatic rings. The van der Waals surface area contributed by atoms with E-state index in [2.05, 4.69) is 22.2 Å². The Morgan fingerprint density at radius 2 is 1.69 bits per heavy atom. The molecule has 0 bridgehead atoms. The predicted octanol–water partition coefficient (Wildman–Crippen LogP) is 3.44. The standard InChI is InChI=1S/C52H89FN6O14S/c1-15-42-51(9,65)24-41(60)34(6)58(12)28-30(2)18-20-50(8,64)47(32(4)45(33(5)48(63)71-42)72-43-25-52(10,68-13)46(62)35(7)70-43)73-49-44(61)40(22-31(3)69-49)57(11)21-19-37-29-59(56-55-37)38(26-53)23-36-16-17-39(27-54-36)74(14,66)67/h16-17,27,29-35,38,40-47,49,60-62,64-65H,15,18-26,28H2,1-14H3/t30-,31-,32+,33-,34-,35+,38+,40+,41+,42-,43+,44-,45+,46+,47-,49+,50-,51+,52-/m1/s1. The molecule has 20 nitrogen and oxygen atoms in total. The lowest BCUT2D eigenvalue weighted by atomic mass is 9.78. The maximum absolute atomic E-state index is 14.5. The summed E-state index contributed by atoms with van der Waals surface area (Å²) in [7, 11) is 1.82. The number of esters is 1. The molecule has 2 aromatic heterocycles. The molecular weight excluding hydrogens is 984 g/mol. The third-order valence-corrected chi connectivity index (χ3v) is 17.3. The van der Waals surface area contributed by atoms with Gasteiger partial charge in [-0.15, -0.1) is 5.10 Å². The van der Waals surface area contributed by atoms with Crippen LogP contribution < -0.4 is 0 Å². The smallest absolute Gasteiger partial charge is 0.311 e. The lowest BCUT2D eigenvalue weighted by molar-refractivity contribution is -0.318. The molecule has 0 unspecified atom stereocenters. The highest BCUT2D eigenvalue weighted by molar-refractivity contribution is 7.90. The largest absolute Gasteiger partial charge is 0.459 e. The van der Waals surface area contributed by atoms with E-state index in [1.165, 1.54) is 24.1 Å². The van der Waals surface area contributed by atoms with Crippen LogP contribution in [0.1, 0.15) is 125 Å². The summed E-state index contributed by atoms with van der Waals surface area (Å²) < 4.78 is 78.0. The van der Waals surface area contributed by atoms with Crippen molar-refractivity contribution in [3.8, 4) is 0 Å². The van der Waals surface area contributed by atoms with E-state index in [0.717, 1.165) is 6.26 Å². The van der Waals surface area contributed by atoms with Gasteiger partial charge in [-0.1, -0.05) is 26.0 Å². The number of aliphatic hydroxyl groups excluding tert-OH is 3. The first-order chi connectivity index (χ1) is 34.4. The highest BCUT2D eigenvalue weighted by atomic mass is 32.2. The number of carbonyl (C=O) groups excluding carboxylic acids is 1. The van der Waals surface area contributed by atoms with Gasteiger partial charge in [-0.05, 0) is 106 Å². The van der Waals surface area contributed by atoms with E-state index < -0.39 is 125 Å². The highest BCUT2D eigenvalue weighted by Crippen LogP contribution is 2.40. The van der Waals surface area contributed by atoms with E-state index >= 15 is 0 Å². The van der Waals surface area contributed by atoms with E-state index in [1.807, 2.05) is 37.7 Å². The van der Waals surface area contributed by atoms with Gasteiger partial charge in [0.25, 0.3) is 0 Å². The Bertz CT molecular complexity index is 2190. The Balaban J connectivity index is 1.43. The molecular formula is C52H89FN6O14S. The van der Waals surface area contributed by atoms with Crippen molar-refractivity contribution in [2.24, 2.45) is 17.8 Å². The number of halogens is 1. The van der Waals surface area contributed by atoms with Gasteiger partial charge >= 0.3 is 5.97 Å². The van der Waals surface area contributed by atoms with Gasteiger partial charge in [0.2, 0.25) is 0 Å². The van der Waals surface area contributed by atoms with Crippen molar-refractivity contribution < 1.29 is 71.6 Å². The summed E-state index contributed by atoms with van der Waals surface area (Å²) in [5.74, 6) is -2.60. The molecule has 5 heterocycles. The predicted molar refractivity (Wildman–Crippen MR) is 272 cm³/mol. The number of alkyl halides is 1. The third kappa shape index (κ3) is 15.5. The summed E-state index contributed by atoms with van der Waals surface area (Å²) in [6, 6.07) is 1.39. The molecule has 0 aliphatic carbocycles. The van der Waals surface area contributed by atoms with Crippen LogP contribution in [0.2, 0.25) is 0 Å². The number of hydrogen-bond acceptors (Lipinski definition) is 19. The number of rotatable bonds is 15. The molecule has 0 amide bonds. The van der Waals surface area contributed by atoms with Crippen LogP contribution in [-0.4, -0.2) is 207 Å². The molecule has 5 rings (SSSR count). The molecule has 0 saturated carbocycles. The number of hydrogen-bond donors (Lipinski definition) is 5. The fourth-order valence-electron chi connectivity index (χ4n) is 11.0. The van der Waals surface area contributed by atoms with Gasteiger partial charge in [-0.25, -0.2) is 17.5 Å². The zero-order chi connectivity index (χ0) is 55.2. The first-order valence-corrected chi connectivity index (χ1v) is 28.2. The SMILES string of the molecule is CC[C@H]1OC(=O)[C@H](C)[C@@H](O[C@H]2C[C@@](C)(OC)[C@@H](O)[C@H](C)O2)[C@H](C)[C@@H](O[C@@H]2O[C@H](C)C[C@H](N(C)CCc3cn([C@H](CF)Cc4ccc(S(C)(=O)=O)cn4)nn3)[C@H]2O)[C@](C)(O)CC[C@@H](C)CN(C)[C@H](C)[C@@H](O)C[C@]1(C)O. The van der Waals surface area contributed by atoms with Gasteiger partial charge in [0, 0.05) is 88.2 Å². The summed E-state index contributed by atoms with van der Waals surface area (Å²) in [4.78, 5) is 22.8. The summed E-state index contributed by atoms with van der Waals surface area (Å²) in [6.07, 6.45) is -3.91. The maximum atomic E-state index is 14.5. The summed E-state index contributed by atoms with van der Waals surface area (Å²) in [5, 5.41) is 68.0. The Morgan fingerprint density at radius 1 is 1.00 bits per heavy atom. The second kappa shape index (κ2) is 25.7. The molecule has 3 aliphatic heterocycles. The van der Waals surface area contributed by atoms with Crippen molar-refractivity contribution in [1.82, 2.24) is 29.8 Å². The van der Waals surface area contributed by atoms with E-state index in [0.29, 0.717) is 43.7 Å². The number of aliphatic hydroxyl groups is 5. The molecule has 0 spiro atoms. The van der Waals surface area contributed by atoms with Crippen LogP contribution in [0.5, 0.6) is 0 Å². The van der Waals surface area contributed by atoms with Crippen molar-refractivity contribution in [3.05, 3.63) is 35.9 Å². The van der Waals surface area contributed by atoms with Gasteiger partial charge in [0.05, 0.1) is 64.3 Å². The van der Waals surface area contributed by atoms with Crippen LogP contribution in [0.25, 0.3) is 0 Å². The number of aromatic nitrogens is 4. The van der Waals surface area contributed by atoms with Crippen LogP contribution in [-0.2, 0) is 55.9 Å². The van der Waals surface area contributed by atoms with Crippen LogP contribution in [0.3, 0.4) is 0 Å². The molecule has 22 heteroatoms. The van der Waals surface area contributed by atoms with Crippen LogP contribution in [0.4, 0.5) is 4.39 Å². The average molecular weight is 1070 g/mol. The molecule has 5 N–H and O–H groups in total. The van der Waals surface area contributed by atoms with Crippen LogP contribution >= 0.6 is 0 Å². The van der Waals surface area contributed by atoms with Gasteiger partial charge in [-0.2, -0.15) is 0 Å². The number of ether oxygens (including phenoxy) is 6. The van der Waals surface area contributed by atoms with E-state index in [9.17, 15) is 43.1 Å². The van der Waals surface area contributed by atoms with Gasteiger partial charge in [0.1, 0.15) is 30.6 Å². The zero-order valence-corrected chi connectivity index (χ0v) is 47.0. The van der Waals surface area contributed by atoms with Crippen molar-refractivity contribution in [1.29, 1.82) is 0 Å². The third-order valence-electron chi connectivity index (χ3n) is 16.2. The monoisotopic (exact) mass is 1070 g/mol. The lowest BCUT2D eigenvalue weighted by Crippen LogP contribution is -2.60. The second-order valence-electron chi connectivity index (χ2n) is 22.7. The number of nitrogens with zero attached hydrogens (tertiary/aromatic N) is 6. The summed E-state index contributed by atoms with van der Waals surface area (Å²) in [5.41, 5.74) is -3.25. The first-order valence-electron chi connectivity index (χ1n) is 26.3.